The Morgan fingerprint density at radius 2 is 1.91 bits per heavy atom. The summed E-state index contributed by atoms with van der Waals surface area (Å²) in [6.07, 6.45) is 2.37. The van der Waals surface area contributed by atoms with E-state index in [9.17, 15) is 0 Å². The highest BCUT2D eigenvalue weighted by Gasteiger charge is 2.34. The van der Waals surface area contributed by atoms with Crippen LogP contribution >= 0.6 is 0 Å². The van der Waals surface area contributed by atoms with Crippen molar-refractivity contribution in [3.8, 4) is 11.3 Å². The number of hydrogen-bond donors (Lipinski definition) is 0. The van der Waals surface area contributed by atoms with Gasteiger partial charge in [0.1, 0.15) is 12.7 Å². The van der Waals surface area contributed by atoms with Crippen molar-refractivity contribution in [2.75, 3.05) is 18.0 Å². The second-order valence-corrected chi connectivity index (χ2v) is 6.09. The molecule has 0 amide bonds. The van der Waals surface area contributed by atoms with Gasteiger partial charge in [-0.25, -0.2) is 4.68 Å². The molecule has 22 heavy (non-hydrogen) atoms. The summed E-state index contributed by atoms with van der Waals surface area (Å²) in [5.74, 6) is 1.22. The molecule has 1 aliphatic rings. The monoisotopic (exact) mass is 415 g/mol. The molecule has 1 atom stereocenters. The smallest absolute Gasteiger partial charge is 0.334 e. The van der Waals surface area contributed by atoms with Crippen molar-refractivity contribution < 1.29 is 33.0 Å². The standard InChI is InChI=1S/C17H23FN3.HI/c1-13-8-7-11-21(12-13)17-15(18)16(19(2)20(17)3)14-9-5-4-6-10-14;/h4-6,9-10,13H,7-8,11-12H2,1-3H3;1H/q+1;/p-1. The largest absolute Gasteiger partial charge is 1.00 e. The summed E-state index contributed by atoms with van der Waals surface area (Å²) in [6.45, 7) is 4.11. The van der Waals surface area contributed by atoms with Crippen LogP contribution in [-0.2, 0) is 14.1 Å². The normalized spacial score (nSPS) is 18.2. The number of rotatable bonds is 2. The summed E-state index contributed by atoms with van der Waals surface area (Å²) < 4.78 is 18.9. The Morgan fingerprint density at radius 1 is 1.23 bits per heavy atom. The van der Waals surface area contributed by atoms with Gasteiger partial charge in [0, 0.05) is 12.6 Å². The molecule has 1 aromatic carbocycles. The van der Waals surface area contributed by atoms with Gasteiger partial charge >= 0.3 is 5.82 Å². The van der Waals surface area contributed by atoms with Crippen molar-refractivity contribution in [3.63, 3.8) is 0 Å². The number of piperidine rings is 1. The van der Waals surface area contributed by atoms with E-state index in [-0.39, 0.29) is 29.8 Å². The molecule has 0 bridgehead atoms. The molecule has 1 fully saturated rings. The van der Waals surface area contributed by atoms with Crippen LogP contribution in [0.2, 0.25) is 0 Å². The van der Waals surface area contributed by atoms with E-state index in [2.05, 4.69) is 11.8 Å². The first kappa shape index (κ1) is 17.2. The van der Waals surface area contributed by atoms with E-state index in [1.54, 1.807) is 0 Å². The Labute approximate surface area is 148 Å². The Kier molecular flexibility index (Phi) is 5.47. The third-order valence-electron chi connectivity index (χ3n) is 4.49. The molecule has 120 valence electrons. The minimum Gasteiger partial charge on any atom is -1.00 e. The molecule has 0 aliphatic carbocycles. The van der Waals surface area contributed by atoms with Gasteiger partial charge in [0.25, 0.3) is 0 Å². The molecular weight excluding hydrogens is 392 g/mol. The minimum absolute atomic E-state index is 0. The van der Waals surface area contributed by atoms with Crippen LogP contribution in [0.3, 0.4) is 0 Å². The molecule has 2 aromatic rings. The Balaban J connectivity index is 0.00000176. The van der Waals surface area contributed by atoms with E-state index in [0.717, 1.165) is 25.1 Å². The van der Waals surface area contributed by atoms with E-state index in [4.69, 9.17) is 0 Å². The quantitative estimate of drug-likeness (QED) is 0.493. The Bertz CT molecular complexity index is 639. The minimum atomic E-state index is -0.111. The van der Waals surface area contributed by atoms with E-state index < -0.39 is 0 Å². The summed E-state index contributed by atoms with van der Waals surface area (Å²) in [5, 5.41) is 0. The molecule has 0 radical (unpaired) electrons. The van der Waals surface area contributed by atoms with Gasteiger partial charge in [0.15, 0.2) is 0 Å². The number of hydrogen-bond acceptors (Lipinski definition) is 1. The van der Waals surface area contributed by atoms with Crippen LogP contribution in [0, 0.1) is 11.7 Å². The molecule has 3 rings (SSSR count). The van der Waals surface area contributed by atoms with Crippen LogP contribution in [0.4, 0.5) is 10.2 Å². The first-order valence-corrected chi connectivity index (χ1v) is 7.64. The molecule has 1 aliphatic heterocycles. The lowest BCUT2D eigenvalue weighted by atomic mass is 10.0. The van der Waals surface area contributed by atoms with E-state index in [1.807, 2.05) is 53.8 Å². The third kappa shape index (κ3) is 3.00. The van der Waals surface area contributed by atoms with Crippen LogP contribution in [0.5, 0.6) is 0 Å². The van der Waals surface area contributed by atoms with Gasteiger partial charge < -0.3 is 24.0 Å². The van der Waals surface area contributed by atoms with Gasteiger partial charge in [-0.05, 0) is 18.8 Å². The van der Waals surface area contributed by atoms with Gasteiger partial charge in [0.2, 0.25) is 5.82 Å². The lowest BCUT2D eigenvalue weighted by Gasteiger charge is -2.25. The van der Waals surface area contributed by atoms with Crippen molar-refractivity contribution in [2.45, 2.75) is 19.8 Å². The van der Waals surface area contributed by atoms with Gasteiger partial charge in [-0.2, -0.15) is 9.07 Å². The highest BCUT2D eigenvalue weighted by atomic mass is 127. The fourth-order valence-electron chi connectivity index (χ4n) is 3.32. The zero-order valence-electron chi connectivity index (χ0n) is 13.4. The average molecular weight is 415 g/mol. The van der Waals surface area contributed by atoms with Gasteiger partial charge in [-0.3, -0.25) is 4.90 Å². The summed E-state index contributed by atoms with van der Waals surface area (Å²) >= 11 is 0. The highest BCUT2D eigenvalue weighted by molar-refractivity contribution is 5.63. The van der Waals surface area contributed by atoms with Crippen molar-refractivity contribution >= 4 is 5.82 Å². The lowest BCUT2D eigenvalue weighted by molar-refractivity contribution is -0.739. The molecular formula is C17H23FIN3. The lowest BCUT2D eigenvalue weighted by Crippen LogP contribution is -3.00. The summed E-state index contributed by atoms with van der Waals surface area (Å²) in [5.41, 5.74) is 1.58. The van der Waals surface area contributed by atoms with Crippen LogP contribution in [0.25, 0.3) is 11.3 Å². The molecule has 1 aromatic heterocycles. The van der Waals surface area contributed by atoms with Gasteiger partial charge in [-0.15, -0.1) is 0 Å². The molecule has 0 N–H and O–H groups in total. The summed E-state index contributed by atoms with van der Waals surface area (Å²) in [6, 6.07) is 9.77. The van der Waals surface area contributed by atoms with Crippen molar-refractivity contribution in [1.82, 2.24) is 4.68 Å². The number of aromatic nitrogens is 2. The van der Waals surface area contributed by atoms with E-state index in [1.165, 1.54) is 6.42 Å². The van der Waals surface area contributed by atoms with Crippen LogP contribution < -0.4 is 33.6 Å². The zero-order valence-corrected chi connectivity index (χ0v) is 15.5. The molecule has 5 heteroatoms. The first-order chi connectivity index (χ1) is 10.1. The second-order valence-electron chi connectivity index (χ2n) is 6.09. The predicted octanol–water partition coefficient (Wildman–Crippen LogP) is -0.104. The Hall–Kier alpha value is -1.11. The van der Waals surface area contributed by atoms with Crippen LogP contribution in [0.15, 0.2) is 30.3 Å². The molecule has 1 unspecified atom stereocenters. The fourth-order valence-corrected chi connectivity index (χ4v) is 3.32. The fraction of sp³-hybridized carbons (Fsp3) is 0.471. The molecule has 2 heterocycles. The van der Waals surface area contributed by atoms with E-state index >= 15 is 4.39 Å². The van der Waals surface area contributed by atoms with Gasteiger partial charge in [0.05, 0.1) is 13.1 Å². The molecule has 3 nitrogen and oxygen atoms in total. The number of nitrogens with zero attached hydrogens (tertiary/aromatic N) is 3. The highest BCUT2D eigenvalue weighted by Crippen LogP contribution is 2.30. The zero-order chi connectivity index (χ0) is 15.0. The first-order valence-electron chi connectivity index (χ1n) is 7.64. The van der Waals surface area contributed by atoms with Gasteiger partial charge in [-0.1, -0.05) is 37.3 Å². The van der Waals surface area contributed by atoms with Crippen molar-refractivity contribution in [1.29, 1.82) is 0 Å². The maximum absolute atomic E-state index is 15.1. The summed E-state index contributed by atoms with van der Waals surface area (Å²) in [4.78, 5) is 2.19. The molecule has 0 spiro atoms. The SMILES string of the molecule is CC1CCCN(c2c(F)c(-c3ccccc3)n(C)[n+]2C)C1.[I-]. The molecule has 1 saturated heterocycles. The predicted molar refractivity (Wildman–Crippen MR) is 82.6 cm³/mol. The summed E-state index contributed by atoms with van der Waals surface area (Å²) in [7, 11) is 3.85. The van der Waals surface area contributed by atoms with Crippen molar-refractivity contribution in [2.24, 2.45) is 20.0 Å². The topological polar surface area (TPSA) is 12.1 Å². The molecule has 0 saturated carbocycles. The Morgan fingerprint density at radius 3 is 2.55 bits per heavy atom. The number of anilines is 1. The third-order valence-corrected chi connectivity index (χ3v) is 4.49. The maximum atomic E-state index is 15.1. The van der Waals surface area contributed by atoms with Crippen LogP contribution in [0.1, 0.15) is 19.8 Å². The average Bonchev–Trinajstić information content (AvgIpc) is 2.70. The second kappa shape index (κ2) is 6.98. The van der Waals surface area contributed by atoms with E-state index in [0.29, 0.717) is 17.4 Å². The number of benzene rings is 1. The van der Waals surface area contributed by atoms with Crippen molar-refractivity contribution in [3.05, 3.63) is 36.1 Å². The maximum Gasteiger partial charge on any atom is 0.334 e. The number of halogens is 2. The van der Waals surface area contributed by atoms with Crippen LogP contribution in [-0.4, -0.2) is 17.8 Å².